The van der Waals surface area contributed by atoms with E-state index in [2.05, 4.69) is 37.8 Å². The van der Waals surface area contributed by atoms with Crippen LogP contribution in [0.1, 0.15) is 65.7 Å². The lowest BCUT2D eigenvalue weighted by Crippen LogP contribution is -2.38. The van der Waals surface area contributed by atoms with E-state index < -0.39 is 0 Å². The summed E-state index contributed by atoms with van der Waals surface area (Å²) in [6, 6.07) is 0. The maximum Gasteiger partial charge on any atom is 0.161 e. The van der Waals surface area contributed by atoms with Crippen LogP contribution in [0.2, 0.25) is 0 Å². The molecular formula is C22H37NO2. The Labute approximate surface area is 154 Å². The Balaban J connectivity index is 1.45. The zero-order valence-corrected chi connectivity index (χ0v) is 16.5. The highest BCUT2D eigenvalue weighted by Crippen LogP contribution is 2.37. The predicted molar refractivity (Wildman–Crippen MR) is 104 cm³/mol. The maximum absolute atomic E-state index is 6.32. The maximum atomic E-state index is 6.32. The van der Waals surface area contributed by atoms with Gasteiger partial charge in [0, 0.05) is 12.5 Å². The molecule has 0 aromatic rings. The molecule has 3 aliphatic rings. The SMILES string of the molecule is CC(C)=CCCC1=CC[C@H]([C@@H]2OC[C@@H](CN3CCCCC3)O2)[C@H](C)C1. The second-order valence-corrected chi connectivity index (χ2v) is 8.58. The molecule has 0 amide bonds. The molecule has 2 saturated heterocycles. The monoisotopic (exact) mass is 347 g/mol. The minimum absolute atomic E-state index is 0.0142. The van der Waals surface area contributed by atoms with Gasteiger partial charge in [0.05, 0.1) is 12.7 Å². The number of hydrogen-bond donors (Lipinski definition) is 0. The van der Waals surface area contributed by atoms with Crippen molar-refractivity contribution in [3.63, 3.8) is 0 Å². The fourth-order valence-corrected chi connectivity index (χ4v) is 4.53. The van der Waals surface area contributed by atoms with E-state index in [4.69, 9.17) is 9.47 Å². The number of rotatable bonds is 6. The molecule has 4 atom stereocenters. The van der Waals surface area contributed by atoms with E-state index in [1.807, 2.05) is 0 Å². The third-order valence-electron chi connectivity index (χ3n) is 6.04. The van der Waals surface area contributed by atoms with Crippen molar-refractivity contribution in [2.45, 2.75) is 78.1 Å². The van der Waals surface area contributed by atoms with Crippen LogP contribution in [0.3, 0.4) is 0 Å². The van der Waals surface area contributed by atoms with E-state index >= 15 is 0 Å². The molecule has 0 bridgehead atoms. The molecule has 0 unspecified atom stereocenters. The smallest absolute Gasteiger partial charge is 0.161 e. The molecule has 3 nitrogen and oxygen atoms in total. The molecule has 0 saturated carbocycles. The molecule has 0 aromatic carbocycles. The molecule has 2 fully saturated rings. The molecule has 25 heavy (non-hydrogen) atoms. The molecular weight excluding hydrogens is 310 g/mol. The third kappa shape index (κ3) is 5.67. The first-order chi connectivity index (χ1) is 12.1. The number of hydrogen-bond acceptors (Lipinski definition) is 3. The van der Waals surface area contributed by atoms with E-state index in [9.17, 15) is 0 Å². The Kier molecular flexibility index (Phi) is 7.15. The van der Waals surface area contributed by atoms with Gasteiger partial charge in [-0.25, -0.2) is 0 Å². The minimum Gasteiger partial charge on any atom is -0.350 e. The van der Waals surface area contributed by atoms with Gasteiger partial charge in [0.15, 0.2) is 6.29 Å². The molecule has 3 rings (SSSR count). The van der Waals surface area contributed by atoms with Gasteiger partial charge >= 0.3 is 0 Å². The molecule has 0 spiro atoms. The van der Waals surface area contributed by atoms with Gasteiger partial charge in [-0.1, -0.05) is 36.6 Å². The van der Waals surface area contributed by atoms with Gasteiger partial charge in [0.1, 0.15) is 0 Å². The zero-order chi connectivity index (χ0) is 17.6. The summed E-state index contributed by atoms with van der Waals surface area (Å²) in [5.41, 5.74) is 3.05. The van der Waals surface area contributed by atoms with Crippen LogP contribution < -0.4 is 0 Å². The van der Waals surface area contributed by atoms with Gasteiger partial charge in [-0.15, -0.1) is 0 Å². The van der Waals surface area contributed by atoms with Crippen molar-refractivity contribution in [2.75, 3.05) is 26.2 Å². The van der Waals surface area contributed by atoms with Crippen LogP contribution in [0.5, 0.6) is 0 Å². The standard InChI is InChI=1S/C22H37NO2/c1-17(2)8-7-9-19-10-11-21(18(3)14-19)22-24-16-20(25-22)15-23-12-5-4-6-13-23/h8,10,18,20-22H,4-7,9,11-16H2,1-3H3/t18-,20-,21+,22-/m1/s1. The fraction of sp³-hybridized carbons (Fsp3) is 0.818. The highest BCUT2D eigenvalue weighted by molar-refractivity contribution is 5.10. The second kappa shape index (κ2) is 9.34. The van der Waals surface area contributed by atoms with E-state index in [-0.39, 0.29) is 12.4 Å². The van der Waals surface area contributed by atoms with Crippen LogP contribution in [0.4, 0.5) is 0 Å². The Bertz CT molecular complexity index is 474. The highest BCUT2D eigenvalue weighted by Gasteiger charge is 2.37. The van der Waals surface area contributed by atoms with Crippen molar-refractivity contribution in [1.29, 1.82) is 0 Å². The number of allylic oxidation sites excluding steroid dienone is 4. The average Bonchev–Trinajstić information content (AvgIpc) is 3.04. The van der Waals surface area contributed by atoms with Gasteiger partial charge in [-0.2, -0.15) is 0 Å². The van der Waals surface area contributed by atoms with Crippen molar-refractivity contribution < 1.29 is 9.47 Å². The summed E-state index contributed by atoms with van der Waals surface area (Å²) < 4.78 is 12.4. The number of ether oxygens (including phenoxy) is 2. The molecule has 2 aliphatic heterocycles. The van der Waals surface area contributed by atoms with Crippen LogP contribution in [0.15, 0.2) is 23.3 Å². The van der Waals surface area contributed by atoms with E-state index in [1.165, 1.54) is 57.2 Å². The Hall–Kier alpha value is -0.640. The summed E-state index contributed by atoms with van der Waals surface area (Å²) in [6.45, 7) is 11.1. The van der Waals surface area contributed by atoms with Crippen LogP contribution >= 0.6 is 0 Å². The van der Waals surface area contributed by atoms with Gasteiger partial charge in [0.25, 0.3) is 0 Å². The van der Waals surface area contributed by atoms with Crippen LogP contribution in [-0.2, 0) is 9.47 Å². The molecule has 2 heterocycles. The first-order valence-corrected chi connectivity index (χ1v) is 10.4. The van der Waals surface area contributed by atoms with Crippen molar-refractivity contribution in [3.8, 4) is 0 Å². The molecule has 1 aliphatic carbocycles. The van der Waals surface area contributed by atoms with Crippen molar-refractivity contribution >= 4 is 0 Å². The van der Waals surface area contributed by atoms with Gasteiger partial charge in [-0.05, 0) is 71.4 Å². The fourth-order valence-electron chi connectivity index (χ4n) is 4.53. The lowest BCUT2D eigenvalue weighted by atomic mass is 9.79. The zero-order valence-electron chi connectivity index (χ0n) is 16.5. The number of likely N-dealkylation sites (tertiary alicyclic amines) is 1. The predicted octanol–water partition coefficient (Wildman–Crippen LogP) is 4.93. The molecule has 142 valence electrons. The second-order valence-electron chi connectivity index (χ2n) is 8.58. The number of nitrogens with zero attached hydrogens (tertiary/aromatic N) is 1. The van der Waals surface area contributed by atoms with E-state index in [0.29, 0.717) is 11.8 Å². The number of piperidine rings is 1. The lowest BCUT2D eigenvalue weighted by Gasteiger charge is -2.32. The molecule has 0 radical (unpaired) electrons. The summed E-state index contributed by atoms with van der Waals surface area (Å²) in [5.74, 6) is 1.18. The van der Waals surface area contributed by atoms with Crippen molar-refractivity contribution in [3.05, 3.63) is 23.3 Å². The Morgan fingerprint density at radius 3 is 2.76 bits per heavy atom. The summed E-state index contributed by atoms with van der Waals surface area (Å²) in [4.78, 5) is 2.56. The topological polar surface area (TPSA) is 21.7 Å². The Morgan fingerprint density at radius 1 is 1.24 bits per heavy atom. The normalized spacial score (nSPS) is 34.0. The minimum atomic E-state index is 0.0142. The first kappa shape index (κ1) is 19.1. The molecule has 0 N–H and O–H groups in total. The summed E-state index contributed by atoms with van der Waals surface area (Å²) in [5, 5.41) is 0. The van der Waals surface area contributed by atoms with Crippen molar-refractivity contribution in [2.24, 2.45) is 11.8 Å². The van der Waals surface area contributed by atoms with Gasteiger partial charge in [0.2, 0.25) is 0 Å². The lowest BCUT2D eigenvalue weighted by molar-refractivity contribution is -0.113. The van der Waals surface area contributed by atoms with Crippen LogP contribution in [0.25, 0.3) is 0 Å². The third-order valence-corrected chi connectivity index (χ3v) is 6.04. The average molecular weight is 348 g/mol. The Morgan fingerprint density at radius 2 is 2.04 bits per heavy atom. The van der Waals surface area contributed by atoms with Gasteiger partial charge in [-0.3, -0.25) is 0 Å². The molecule has 0 aromatic heterocycles. The van der Waals surface area contributed by atoms with E-state index in [0.717, 1.165) is 19.6 Å². The first-order valence-electron chi connectivity index (χ1n) is 10.4. The summed E-state index contributed by atoms with van der Waals surface area (Å²) >= 11 is 0. The summed E-state index contributed by atoms with van der Waals surface area (Å²) in [7, 11) is 0. The van der Waals surface area contributed by atoms with Crippen LogP contribution in [-0.4, -0.2) is 43.5 Å². The van der Waals surface area contributed by atoms with Crippen LogP contribution in [0, 0.1) is 11.8 Å². The van der Waals surface area contributed by atoms with Gasteiger partial charge < -0.3 is 14.4 Å². The van der Waals surface area contributed by atoms with E-state index in [1.54, 1.807) is 5.57 Å². The highest BCUT2D eigenvalue weighted by atomic mass is 16.7. The molecule has 3 heteroatoms. The summed E-state index contributed by atoms with van der Waals surface area (Å²) in [6.07, 6.45) is 13.9. The quantitative estimate of drug-likeness (QED) is 0.636. The van der Waals surface area contributed by atoms with Crippen molar-refractivity contribution in [1.82, 2.24) is 4.90 Å². The largest absolute Gasteiger partial charge is 0.350 e.